The van der Waals surface area contributed by atoms with Crippen molar-refractivity contribution in [2.24, 2.45) is 0 Å². The Bertz CT molecular complexity index is 481. The normalized spacial score (nSPS) is 16.8. The van der Waals surface area contributed by atoms with Crippen LogP contribution in [-0.2, 0) is 18.3 Å². The van der Waals surface area contributed by atoms with E-state index in [1.54, 1.807) is 0 Å². The van der Waals surface area contributed by atoms with Crippen molar-refractivity contribution in [1.82, 2.24) is 5.32 Å². The molecular formula is C18H27N. The van der Waals surface area contributed by atoms with Gasteiger partial charge in [-0.25, -0.2) is 0 Å². The number of aryl methyl sites for hydroxylation is 3. The third kappa shape index (κ3) is 2.20. The van der Waals surface area contributed by atoms with Crippen LogP contribution >= 0.6 is 0 Å². The molecule has 1 N–H and O–H groups in total. The summed E-state index contributed by atoms with van der Waals surface area (Å²) in [5.74, 6) is 0. The average molecular weight is 257 g/mol. The molecule has 0 atom stereocenters. The van der Waals surface area contributed by atoms with Crippen LogP contribution in [0.3, 0.4) is 0 Å². The molecule has 1 nitrogen and oxygen atoms in total. The van der Waals surface area contributed by atoms with Gasteiger partial charge in [0.05, 0.1) is 0 Å². The Morgan fingerprint density at radius 1 is 1.21 bits per heavy atom. The molecule has 1 fully saturated rings. The quantitative estimate of drug-likeness (QED) is 0.830. The zero-order valence-electron chi connectivity index (χ0n) is 12.9. The summed E-state index contributed by atoms with van der Waals surface area (Å²) in [7, 11) is 2.00. The van der Waals surface area contributed by atoms with Crippen LogP contribution in [0.4, 0.5) is 0 Å². The first-order chi connectivity index (χ1) is 9.08. The fraction of sp³-hybridized carbons (Fsp3) is 0.556. The summed E-state index contributed by atoms with van der Waals surface area (Å²) < 4.78 is 0. The Morgan fingerprint density at radius 3 is 2.21 bits per heavy atom. The van der Waals surface area contributed by atoms with Crippen LogP contribution in [0.5, 0.6) is 0 Å². The van der Waals surface area contributed by atoms with Gasteiger partial charge in [0.2, 0.25) is 0 Å². The van der Waals surface area contributed by atoms with Crippen LogP contribution in [0.25, 0.3) is 0 Å². The van der Waals surface area contributed by atoms with Gasteiger partial charge in [0.1, 0.15) is 0 Å². The number of rotatable bonds is 5. The lowest BCUT2D eigenvalue weighted by molar-refractivity contribution is 0.282. The van der Waals surface area contributed by atoms with Gasteiger partial charge in [-0.15, -0.1) is 0 Å². The number of hydrogen-bond acceptors (Lipinski definition) is 1. The first-order valence-corrected chi connectivity index (χ1v) is 7.59. The zero-order valence-corrected chi connectivity index (χ0v) is 12.9. The Hall–Kier alpha value is -1.24. The topological polar surface area (TPSA) is 12.0 Å². The Labute approximate surface area is 118 Å². The minimum atomic E-state index is 0.190. The molecule has 0 saturated heterocycles. The summed E-state index contributed by atoms with van der Waals surface area (Å²) in [4.78, 5) is 0. The van der Waals surface area contributed by atoms with Crippen molar-refractivity contribution in [3.8, 4) is 0 Å². The van der Waals surface area contributed by atoms with Gasteiger partial charge in [0.15, 0.2) is 0 Å². The molecule has 0 heterocycles. The first kappa shape index (κ1) is 14.2. The molecule has 1 aliphatic rings. The van der Waals surface area contributed by atoms with Gasteiger partial charge in [0.25, 0.3) is 0 Å². The Morgan fingerprint density at radius 2 is 1.79 bits per heavy atom. The molecule has 0 bridgehead atoms. The molecule has 1 aliphatic carbocycles. The van der Waals surface area contributed by atoms with Crippen molar-refractivity contribution in [2.75, 3.05) is 7.05 Å². The van der Waals surface area contributed by atoms with Crippen molar-refractivity contribution in [3.63, 3.8) is 0 Å². The van der Waals surface area contributed by atoms with E-state index in [0.29, 0.717) is 0 Å². The zero-order chi connectivity index (χ0) is 14.0. The smallest absolute Gasteiger partial charge is 0.0346 e. The third-order valence-corrected chi connectivity index (χ3v) is 4.91. The summed E-state index contributed by atoms with van der Waals surface area (Å²) in [6, 6.07) is 4.85. The second kappa shape index (κ2) is 5.40. The summed E-state index contributed by atoms with van der Waals surface area (Å²) in [5.41, 5.74) is 7.34. The second-order valence-electron chi connectivity index (χ2n) is 5.81. The number of likely N-dealkylation sites (N-methyl/N-ethyl adjacent to an activating group) is 1. The molecule has 0 amide bonds. The van der Waals surface area contributed by atoms with Crippen LogP contribution in [0, 0.1) is 6.92 Å². The number of benzene rings is 1. The summed E-state index contributed by atoms with van der Waals surface area (Å²) in [5, 5.41) is 3.31. The standard InChI is InChI=1S/C18H27N/c1-6-15-11-13(3)17(12-16(15)7-2)18(9-8-10-18)14(4)19-5/h11-12,19H,4,6-10H2,1-3,5H3. The van der Waals surface area contributed by atoms with E-state index in [4.69, 9.17) is 0 Å². The summed E-state index contributed by atoms with van der Waals surface area (Å²) >= 11 is 0. The highest BCUT2D eigenvalue weighted by Gasteiger charge is 2.42. The average Bonchev–Trinajstić information content (AvgIpc) is 2.38. The van der Waals surface area contributed by atoms with E-state index < -0.39 is 0 Å². The number of allylic oxidation sites excluding steroid dienone is 1. The van der Waals surface area contributed by atoms with E-state index >= 15 is 0 Å². The molecule has 0 aromatic heterocycles. The van der Waals surface area contributed by atoms with E-state index in [1.807, 2.05) is 7.05 Å². The minimum Gasteiger partial charge on any atom is -0.391 e. The highest BCUT2D eigenvalue weighted by atomic mass is 14.9. The summed E-state index contributed by atoms with van der Waals surface area (Å²) in [6.07, 6.45) is 6.05. The molecule has 1 aromatic rings. The van der Waals surface area contributed by atoms with E-state index in [2.05, 4.69) is 44.8 Å². The predicted octanol–water partition coefficient (Wildman–Crippen LogP) is 4.27. The third-order valence-electron chi connectivity index (χ3n) is 4.91. The molecule has 0 spiro atoms. The van der Waals surface area contributed by atoms with Crippen LogP contribution < -0.4 is 5.32 Å². The maximum absolute atomic E-state index is 4.27. The second-order valence-corrected chi connectivity index (χ2v) is 5.81. The van der Waals surface area contributed by atoms with Gasteiger partial charge >= 0.3 is 0 Å². The van der Waals surface area contributed by atoms with E-state index in [9.17, 15) is 0 Å². The lowest BCUT2D eigenvalue weighted by Crippen LogP contribution is -2.41. The fourth-order valence-electron chi connectivity index (χ4n) is 3.49. The minimum absolute atomic E-state index is 0.190. The summed E-state index contributed by atoms with van der Waals surface area (Å²) in [6.45, 7) is 11.0. The van der Waals surface area contributed by atoms with Gasteiger partial charge in [-0.3, -0.25) is 0 Å². The lowest BCUT2D eigenvalue weighted by atomic mass is 9.61. The maximum Gasteiger partial charge on any atom is 0.0346 e. The Kier molecular flexibility index (Phi) is 4.03. The fourth-order valence-corrected chi connectivity index (χ4v) is 3.49. The predicted molar refractivity (Wildman–Crippen MR) is 83.7 cm³/mol. The first-order valence-electron chi connectivity index (χ1n) is 7.59. The van der Waals surface area contributed by atoms with E-state index in [0.717, 1.165) is 12.8 Å². The molecule has 0 aliphatic heterocycles. The molecule has 19 heavy (non-hydrogen) atoms. The number of hydrogen-bond donors (Lipinski definition) is 1. The van der Waals surface area contributed by atoms with Gasteiger partial charge in [0, 0.05) is 18.2 Å². The molecular weight excluding hydrogens is 230 g/mol. The van der Waals surface area contributed by atoms with Crippen molar-refractivity contribution >= 4 is 0 Å². The van der Waals surface area contributed by atoms with Gasteiger partial charge < -0.3 is 5.32 Å². The lowest BCUT2D eigenvalue weighted by Gasteiger charge is -2.45. The van der Waals surface area contributed by atoms with Crippen molar-refractivity contribution < 1.29 is 0 Å². The van der Waals surface area contributed by atoms with Gasteiger partial charge in [-0.05, 0) is 54.9 Å². The molecule has 0 radical (unpaired) electrons. The van der Waals surface area contributed by atoms with Crippen molar-refractivity contribution in [1.29, 1.82) is 0 Å². The maximum atomic E-state index is 4.27. The van der Waals surface area contributed by atoms with E-state index in [1.165, 1.54) is 47.2 Å². The molecule has 1 saturated carbocycles. The van der Waals surface area contributed by atoms with Crippen LogP contribution in [-0.4, -0.2) is 7.05 Å². The van der Waals surface area contributed by atoms with Crippen molar-refractivity contribution in [3.05, 3.63) is 46.7 Å². The molecule has 104 valence electrons. The molecule has 2 rings (SSSR count). The molecule has 0 unspecified atom stereocenters. The number of nitrogens with one attached hydrogen (secondary N) is 1. The Balaban J connectivity index is 2.52. The van der Waals surface area contributed by atoms with E-state index in [-0.39, 0.29) is 5.41 Å². The SMILES string of the molecule is C=C(NC)C1(c2cc(CC)c(CC)cc2C)CCC1. The highest BCUT2D eigenvalue weighted by Crippen LogP contribution is 2.49. The monoisotopic (exact) mass is 257 g/mol. The van der Waals surface area contributed by atoms with Crippen molar-refractivity contribution in [2.45, 2.75) is 58.3 Å². The van der Waals surface area contributed by atoms with Crippen LogP contribution in [0.2, 0.25) is 0 Å². The van der Waals surface area contributed by atoms with Crippen LogP contribution in [0.1, 0.15) is 55.4 Å². The highest BCUT2D eigenvalue weighted by molar-refractivity contribution is 5.47. The van der Waals surface area contributed by atoms with Crippen LogP contribution in [0.15, 0.2) is 24.4 Å². The van der Waals surface area contributed by atoms with Gasteiger partial charge in [-0.2, -0.15) is 0 Å². The van der Waals surface area contributed by atoms with Gasteiger partial charge in [-0.1, -0.05) is 39.0 Å². The molecule has 1 heteroatoms. The largest absolute Gasteiger partial charge is 0.391 e. The molecule has 1 aromatic carbocycles.